The average Bonchev–Trinajstić information content (AvgIpc) is 2.38. The lowest BCUT2D eigenvalue weighted by Crippen LogP contribution is -2.37. The minimum absolute atomic E-state index is 0.298. The van der Waals surface area contributed by atoms with Gasteiger partial charge in [-0.25, -0.2) is 4.98 Å². The summed E-state index contributed by atoms with van der Waals surface area (Å²) in [4.78, 5) is 6.38. The summed E-state index contributed by atoms with van der Waals surface area (Å²) in [6, 6.07) is 4.11. The third-order valence-electron chi connectivity index (χ3n) is 3.46. The zero-order valence-corrected chi connectivity index (χ0v) is 12.1. The molecule has 0 aliphatic carbocycles. The van der Waals surface area contributed by atoms with Gasteiger partial charge in [0.05, 0.1) is 12.3 Å². The maximum Gasteiger partial charge on any atom is 0.149 e. The summed E-state index contributed by atoms with van der Waals surface area (Å²) in [6.07, 6.45) is 2.28. The van der Waals surface area contributed by atoms with E-state index >= 15 is 0 Å². The summed E-state index contributed by atoms with van der Waals surface area (Å²) in [5.41, 5.74) is 2.22. The maximum absolute atomic E-state index is 9.26. The van der Waals surface area contributed by atoms with Crippen LogP contribution in [0.2, 0.25) is 5.15 Å². The van der Waals surface area contributed by atoms with Crippen molar-refractivity contribution < 1.29 is 4.74 Å². The molecule has 0 radical (unpaired) electrons. The lowest BCUT2D eigenvalue weighted by Gasteiger charge is -2.34. The number of anilines is 1. The van der Waals surface area contributed by atoms with E-state index in [1.54, 1.807) is 7.11 Å². The van der Waals surface area contributed by atoms with Crippen molar-refractivity contribution >= 4 is 17.3 Å². The van der Waals surface area contributed by atoms with Crippen molar-refractivity contribution in [2.45, 2.75) is 19.8 Å². The minimum Gasteiger partial charge on any atom is -0.384 e. The van der Waals surface area contributed by atoms with E-state index in [1.807, 2.05) is 13.0 Å². The third kappa shape index (κ3) is 3.17. The second-order valence-electron chi connectivity index (χ2n) is 4.97. The Morgan fingerprint density at radius 2 is 2.42 bits per heavy atom. The molecular formula is C14H18ClN3O. The normalized spacial score (nSPS) is 19.3. The van der Waals surface area contributed by atoms with Gasteiger partial charge in [0, 0.05) is 25.9 Å². The molecule has 1 saturated heterocycles. The van der Waals surface area contributed by atoms with Crippen LogP contribution >= 0.6 is 11.6 Å². The number of halogens is 1. The van der Waals surface area contributed by atoms with Crippen LogP contribution in [0, 0.1) is 24.2 Å². The number of aryl methyl sites for hydroxylation is 1. The van der Waals surface area contributed by atoms with E-state index in [0.717, 1.165) is 37.5 Å². The Balaban J connectivity index is 2.28. The molecule has 4 nitrogen and oxygen atoms in total. The zero-order chi connectivity index (χ0) is 13.8. The van der Waals surface area contributed by atoms with Crippen molar-refractivity contribution in [2.24, 2.45) is 5.92 Å². The molecule has 0 N–H and O–H groups in total. The molecule has 1 aliphatic rings. The van der Waals surface area contributed by atoms with E-state index < -0.39 is 0 Å². The second-order valence-corrected chi connectivity index (χ2v) is 5.33. The molecule has 0 bridgehead atoms. The van der Waals surface area contributed by atoms with E-state index in [9.17, 15) is 5.26 Å². The van der Waals surface area contributed by atoms with Gasteiger partial charge in [0.2, 0.25) is 0 Å². The van der Waals surface area contributed by atoms with Gasteiger partial charge in [-0.05, 0) is 31.7 Å². The first-order chi connectivity index (χ1) is 9.15. The van der Waals surface area contributed by atoms with Crippen molar-refractivity contribution in [1.82, 2.24) is 4.98 Å². The summed E-state index contributed by atoms with van der Waals surface area (Å²) in [6.45, 7) is 4.51. The summed E-state index contributed by atoms with van der Waals surface area (Å²) in [7, 11) is 1.73. The fraction of sp³-hybridized carbons (Fsp3) is 0.571. The molecule has 1 aromatic rings. The van der Waals surface area contributed by atoms with Gasteiger partial charge >= 0.3 is 0 Å². The smallest absolute Gasteiger partial charge is 0.149 e. The Labute approximate surface area is 118 Å². The molecule has 19 heavy (non-hydrogen) atoms. The highest BCUT2D eigenvalue weighted by molar-refractivity contribution is 6.31. The van der Waals surface area contributed by atoms with Gasteiger partial charge in [-0.2, -0.15) is 5.26 Å². The predicted molar refractivity (Wildman–Crippen MR) is 75.5 cm³/mol. The zero-order valence-electron chi connectivity index (χ0n) is 11.3. The molecule has 0 saturated carbocycles. The van der Waals surface area contributed by atoms with E-state index in [1.165, 1.54) is 6.42 Å². The number of hydrogen-bond acceptors (Lipinski definition) is 4. The van der Waals surface area contributed by atoms with E-state index in [2.05, 4.69) is 16.0 Å². The summed E-state index contributed by atoms with van der Waals surface area (Å²) >= 11 is 6.07. The predicted octanol–water partition coefficient (Wildman–Crippen LogP) is 2.78. The van der Waals surface area contributed by atoms with Gasteiger partial charge in [0.15, 0.2) is 0 Å². The number of piperidine rings is 1. The highest BCUT2D eigenvalue weighted by Gasteiger charge is 2.23. The number of rotatable bonds is 3. The standard InChI is InChI=1S/C14H18ClN3O/c1-10-6-13(12(7-16)14(15)17-10)18-5-3-4-11(8-18)9-19-2/h6,11H,3-5,8-9H2,1-2H3/t11-/m0/s1. The Kier molecular flexibility index (Phi) is 4.62. The van der Waals surface area contributed by atoms with Crippen LogP contribution < -0.4 is 4.90 Å². The number of methoxy groups -OCH3 is 1. The molecule has 1 fully saturated rings. The van der Waals surface area contributed by atoms with Crippen molar-refractivity contribution in [3.05, 3.63) is 22.5 Å². The Morgan fingerprint density at radius 1 is 1.63 bits per heavy atom. The molecule has 0 aromatic carbocycles. The Bertz CT molecular complexity index is 496. The Morgan fingerprint density at radius 3 is 3.11 bits per heavy atom. The molecule has 0 amide bonds. The number of hydrogen-bond donors (Lipinski definition) is 0. The van der Waals surface area contributed by atoms with Crippen LogP contribution in [-0.4, -0.2) is 31.8 Å². The third-order valence-corrected chi connectivity index (χ3v) is 3.73. The number of nitriles is 1. The molecule has 1 aliphatic heterocycles. The van der Waals surface area contributed by atoms with Gasteiger partial charge in [-0.1, -0.05) is 11.6 Å². The number of aromatic nitrogens is 1. The van der Waals surface area contributed by atoms with Gasteiger partial charge in [-0.15, -0.1) is 0 Å². The van der Waals surface area contributed by atoms with E-state index in [4.69, 9.17) is 16.3 Å². The minimum atomic E-state index is 0.298. The first kappa shape index (κ1) is 14.1. The SMILES string of the molecule is COC[C@H]1CCCN(c2cc(C)nc(Cl)c2C#N)C1. The van der Waals surface area contributed by atoms with Crippen molar-refractivity contribution in [2.75, 3.05) is 31.7 Å². The fourth-order valence-corrected chi connectivity index (χ4v) is 2.90. The van der Waals surface area contributed by atoms with Crippen molar-refractivity contribution in [3.8, 4) is 6.07 Å². The van der Waals surface area contributed by atoms with Crippen LogP contribution in [-0.2, 0) is 4.74 Å². The number of pyridine rings is 1. The average molecular weight is 280 g/mol. The highest BCUT2D eigenvalue weighted by Crippen LogP contribution is 2.30. The first-order valence-electron chi connectivity index (χ1n) is 6.46. The van der Waals surface area contributed by atoms with Gasteiger partial charge < -0.3 is 9.64 Å². The molecule has 102 valence electrons. The quantitative estimate of drug-likeness (QED) is 0.799. The molecule has 1 aromatic heterocycles. The van der Waals surface area contributed by atoms with Gasteiger partial charge in [-0.3, -0.25) is 0 Å². The molecule has 1 atom stereocenters. The Hall–Kier alpha value is -1.31. The lowest BCUT2D eigenvalue weighted by molar-refractivity contribution is 0.143. The van der Waals surface area contributed by atoms with Crippen LogP contribution in [0.1, 0.15) is 24.1 Å². The topological polar surface area (TPSA) is 49.1 Å². The maximum atomic E-state index is 9.26. The van der Waals surface area contributed by atoms with E-state index in [-0.39, 0.29) is 0 Å². The summed E-state index contributed by atoms with van der Waals surface area (Å²) < 4.78 is 5.24. The molecule has 2 heterocycles. The molecule has 0 unspecified atom stereocenters. The second kappa shape index (κ2) is 6.23. The summed E-state index contributed by atoms with van der Waals surface area (Å²) in [5, 5.41) is 9.56. The first-order valence-corrected chi connectivity index (χ1v) is 6.84. The fourth-order valence-electron chi connectivity index (χ4n) is 2.63. The van der Waals surface area contributed by atoms with Crippen molar-refractivity contribution in [3.63, 3.8) is 0 Å². The van der Waals surface area contributed by atoms with Crippen molar-refractivity contribution in [1.29, 1.82) is 5.26 Å². The summed E-state index contributed by atoms with van der Waals surface area (Å²) in [5.74, 6) is 0.512. The molecule has 2 rings (SSSR count). The molecule has 5 heteroatoms. The largest absolute Gasteiger partial charge is 0.384 e. The van der Waals surface area contributed by atoms with Crippen LogP contribution in [0.3, 0.4) is 0 Å². The number of ether oxygens (including phenoxy) is 1. The molecule has 0 spiro atoms. The number of nitrogens with zero attached hydrogens (tertiary/aromatic N) is 3. The van der Waals surface area contributed by atoms with Gasteiger partial charge in [0.1, 0.15) is 16.8 Å². The van der Waals surface area contributed by atoms with E-state index in [0.29, 0.717) is 16.6 Å². The lowest BCUT2D eigenvalue weighted by atomic mass is 9.98. The monoisotopic (exact) mass is 279 g/mol. The van der Waals surface area contributed by atoms with Crippen LogP contribution in [0.15, 0.2) is 6.07 Å². The highest BCUT2D eigenvalue weighted by atomic mass is 35.5. The van der Waals surface area contributed by atoms with Gasteiger partial charge in [0.25, 0.3) is 0 Å². The van der Waals surface area contributed by atoms with Crippen LogP contribution in [0.25, 0.3) is 0 Å². The molecular weight excluding hydrogens is 262 g/mol. The van der Waals surface area contributed by atoms with Crippen LogP contribution in [0.4, 0.5) is 5.69 Å². The van der Waals surface area contributed by atoms with Crippen LogP contribution in [0.5, 0.6) is 0 Å².